The van der Waals surface area contributed by atoms with E-state index in [2.05, 4.69) is 15.0 Å². The highest BCUT2D eigenvalue weighted by molar-refractivity contribution is 5.68. The van der Waals surface area contributed by atoms with Crippen LogP contribution in [0.5, 0.6) is 5.75 Å². The van der Waals surface area contributed by atoms with Crippen LogP contribution in [-0.2, 0) is 4.74 Å². The molecule has 0 bridgehead atoms. The number of alkyl carbamates (subject to hydrolysis) is 1. The number of nitrogens with one attached hydrogen (secondary N) is 1. The average Bonchev–Trinajstić information content (AvgIpc) is 2.45. The minimum absolute atomic E-state index is 0.000985. The van der Waals surface area contributed by atoms with E-state index < -0.39 is 18.1 Å². The number of halogens is 3. The summed E-state index contributed by atoms with van der Waals surface area (Å²) in [6.45, 7) is 6.66. The molecule has 1 aliphatic rings. The summed E-state index contributed by atoms with van der Waals surface area (Å²) in [6.07, 6.45) is -2.73. The van der Waals surface area contributed by atoms with E-state index in [0.717, 1.165) is 6.20 Å². The number of carbonyl (C=O) groups is 1. The van der Waals surface area contributed by atoms with E-state index in [0.29, 0.717) is 31.7 Å². The Morgan fingerprint density at radius 1 is 1.24 bits per heavy atom. The van der Waals surface area contributed by atoms with Crippen LogP contribution < -0.4 is 15.0 Å². The van der Waals surface area contributed by atoms with Gasteiger partial charge in [0.25, 0.3) is 0 Å². The minimum atomic E-state index is -4.73. The molecule has 0 saturated carbocycles. The maximum Gasteiger partial charge on any atom is 0.573 e. The number of hydrogen-bond donors (Lipinski definition) is 1. The molecule has 0 atom stereocenters. The summed E-state index contributed by atoms with van der Waals surface area (Å²) in [5, 5.41) is 2.83. The van der Waals surface area contributed by atoms with Gasteiger partial charge in [-0.1, -0.05) is 0 Å². The first-order chi connectivity index (χ1) is 11.5. The van der Waals surface area contributed by atoms with Gasteiger partial charge in [0.05, 0.1) is 6.20 Å². The molecule has 0 spiro atoms. The van der Waals surface area contributed by atoms with Crippen molar-refractivity contribution in [1.82, 2.24) is 10.3 Å². The van der Waals surface area contributed by atoms with Crippen molar-refractivity contribution in [3.63, 3.8) is 0 Å². The second-order valence-electron chi connectivity index (χ2n) is 6.81. The van der Waals surface area contributed by atoms with Gasteiger partial charge in [0.15, 0.2) is 0 Å². The number of anilines is 1. The highest BCUT2D eigenvalue weighted by atomic mass is 19.4. The van der Waals surface area contributed by atoms with Gasteiger partial charge in [-0.05, 0) is 45.7 Å². The summed E-state index contributed by atoms with van der Waals surface area (Å²) in [5.41, 5.74) is -0.547. The maximum absolute atomic E-state index is 12.1. The van der Waals surface area contributed by atoms with E-state index >= 15 is 0 Å². The summed E-state index contributed by atoms with van der Waals surface area (Å²) >= 11 is 0. The third-order valence-electron chi connectivity index (χ3n) is 3.49. The molecule has 1 N–H and O–H groups in total. The van der Waals surface area contributed by atoms with E-state index in [1.807, 2.05) is 4.90 Å². The first kappa shape index (κ1) is 19.1. The van der Waals surface area contributed by atoms with Gasteiger partial charge in [-0.25, -0.2) is 9.78 Å². The third kappa shape index (κ3) is 6.67. The number of piperidine rings is 1. The molecular formula is C16H22F3N3O3. The van der Waals surface area contributed by atoms with Crippen LogP contribution in [0.3, 0.4) is 0 Å². The van der Waals surface area contributed by atoms with Gasteiger partial charge in [-0.15, -0.1) is 13.2 Å². The molecule has 0 unspecified atom stereocenters. The van der Waals surface area contributed by atoms with Gasteiger partial charge < -0.3 is 19.7 Å². The Morgan fingerprint density at radius 3 is 2.36 bits per heavy atom. The molecule has 0 radical (unpaired) electrons. The molecule has 1 fully saturated rings. The van der Waals surface area contributed by atoms with Gasteiger partial charge in [0.1, 0.15) is 17.2 Å². The van der Waals surface area contributed by atoms with Crippen LogP contribution in [0.25, 0.3) is 0 Å². The Kier molecular flexibility index (Phi) is 5.64. The predicted octanol–water partition coefficient (Wildman–Crippen LogP) is 3.47. The largest absolute Gasteiger partial charge is 0.573 e. The van der Waals surface area contributed by atoms with Crippen molar-refractivity contribution < 1.29 is 27.4 Å². The molecule has 140 valence electrons. The Labute approximate surface area is 144 Å². The van der Waals surface area contributed by atoms with E-state index in [1.165, 1.54) is 12.1 Å². The first-order valence-electron chi connectivity index (χ1n) is 7.98. The van der Waals surface area contributed by atoms with Crippen molar-refractivity contribution in [2.24, 2.45) is 0 Å². The zero-order valence-corrected chi connectivity index (χ0v) is 14.4. The van der Waals surface area contributed by atoms with Gasteiger partial charge in [0.2, 0.25) is 0 Å². The van der Waals surface area contributed by atoms with Crippen LogP contribution in [0.1, 0.15) is 33.6 Å². The SMILES string of the molecule is CC(C)(C)OC(=O)NC1CCN(c2ccc(OC(F)(F)F)cn2)CC1. The molecule has 9 heteroatoms. The van der Waals surface area contributed by atoms with E-state index in [-0.39, 0.29) is 11.8 Å². The molecule has 1 aliphatic heterocycles. The van der Waals surface area contributed by atoms with Crippen molar-refractivity contribution in [3.05, 3.63) is 18.3 Å². The molecule has 1 saturated heterocycles. The number of alkyl halides is 3. The second kappa shape index (κ2) is 7.37. The maximum atomic E-state index is 12.1. The normalized spacial score (nSPS) is 16.5. The summed E-state index contributed by atoms with van der Waals surface area (Å²) in [6, 6.07) is 2.72. The molecular weight excluding hydrogens is 339 g/mol. The van der Waals surface area contributed by atoms with Gasteiger partial charge in [-0.3, -0.25) is 0 Å². The zero-order chi connectivity index (χ0) is 18.7. The zero-order valence-electron chi connectivity index (χ0n) is 14.4. The Balaban J connectivity index is 1.82. The quantitative estimate of drug-likeness (QED) is 0.893. The molecule has 0 aliphatic carbocycles. The number of hydrogen-bond acceptors (Lipinski definition) is 5. The molecule has 1 amide bonds. The standard InChI is InChI=1S/C16H22F3N3O3/c1-15(2,3)25-14(23)21-11-6-8-22(9-7-11)13-5-4-12(10-20-13)24-16(17,18)19/h4-5,10-11H,6-9H2,1-3H3,(H,21,23). The highest BCUT2D eigenvalue weighted by Gasteiger charge is 2.31. The first-order valence-corrected chi connectivity index (χ1v) is 7.98. The van der Waals surface area contributed by atoms with Crippen LogP contribution in [0.2, 0.25) is 0 Å². The van der Waals surface area contributed by atoms with Crippen molar-refractivity contribution >= 4 is 11.9 Å². The monoisotopic (exact) mass is 361 g/mol. The lowest BCUT2D eigenvalue weighted by molar-refractivity contribution is -0.274. The number of amides is 1. The number of carbonyl (C=O) groups excluding carboxylic acids is 1. The summed E-state index contributed by atoms with van der Waals surface area (Å²) in [4.78, 5) is 17.7. The fourth-order valence-corrected chi connectivity index (χ4v) is 2.48. The predicted molar refractivity (Wildman–Crippen MR) is 85.5 cm³/mol. The fourth-order valence-electron chi connectivity index (χ4n) is 2.48. The van der Waals surface area contributed by atoms with Crippen LogP contribution in [-0.4, -0.2) is 42.2 Å². The summed E-state index contributed by atoms with van der Waals surface area (Å²) in [7, 11) is 0. The number of nitrogens with zero attached hydrogens (tertiary/aromatic N) is 2. The molecule has 2 heterocycles. The smallest absolute Gasteiger partial charge is 0.444 e. The van der Waals surface area contributed by atoms with Crippen LogP contribution >= 0.6 is 0 Å². The van der Waals surface area contributed by atoms with E-state index in [1.54, 1.807) is 20.8 Å². The average molecular weight is 361 g/mol. The second-order valence-corrected chi connectivity index (χ2v) is 6.81. The molecule has 1 aromatic heterocycles. The summed E-state index contributed by atoms with van der Waals surface area (Å²) in [5.74, 6) is 0.225. The molecule has 0 aromatic carbocycles. The number of rotatable bonds is 3. The highest BCUT2D eigenvalue weighted by Crippen LogP contribution is 2.24. The molecule has 25 heavy (non-hydrogen) atoms. The van der Waals surface area contributed by atoms with E-state index in [4.69, 9.17) is 4.74 Å². The van der Waals surface area contributed by atoms with Gasteiger partial charge >= 0.3 is 12.5 Å². The summed E-state index contributed by atoms with van der Waals surface area (Å²) < 4.78 is 45.4. The number of aromatic nitrogens is 1. The Bertz CT molecular complexity index is 577. The molecule has 2 rings (SSSR count). The number of ether oxygens (including phenoxy) is 2. The van der Waals surface area contributed by atoms with Gasteiger partial charge in [-0.2, -0.15) is 0 Å². The minimum Gasteiger partial charge on any atom is -0.444 e. The van der Waals surface area contributed by atoms with Crippen LogP contribution in [0.4, 0.5) is 23.8 Å². The van der Waals surface area contributed by atoms with Crippen molar-refractivity contribution in [2.75, 3.05) is 18.0 Å². The Hall–Kier alpha value is -2.19. The van der Waals surface area contributed by atoms with Crippen LogP contribution in [0, 0.1) is 0 Å². The van der Waals surface area contributed by atoms with E-state index in [9.17, 15) is 18.0 Å². The lowest BCUT2D eigenvalue weighted by atomic mass is 10.1. The van der Waals surface area contributed by atoms with Crippen molar-refractivity contribution in [3.8, 4) is 5.75 Å². The van der Waals surface area contributed by atoms with Crippen molar-refractivity contribution in [1.29, 1.82) is 0 Å². The fraction of sp³-hybridized carbons (Fsp3) is 0.625. The molecule has 1 aromatic rings. The van der Waals surface area contributed by atoms with Crippen LogP contribution in [0.15, 0.2) is 18.3 Å². The van der Waals surface area contributed by atoms with Crippen molar-refractivity contribution in [2.45, 2.75) is 51.6 Å². The third-order valence-corrected chi connectivity index (χ3v) is 3.49. The molecule has 6 nitrogen and oxygen atoms in total. The van der Waals surface area contributed by atoms with Gasteiger partial charge in [0, 0.05) is 19.1 Å². The number of pyridine rings is 1. The Morgan fingerprint density at radius 2 is 1.88 bits per heavy atom. The lowest BCUT2D eigenvalue weighted by Crippen LogP contribution is -2.46. The lowest BCUT2D eigenvalue weighted by Gasteiger charge is -2.33. The topological polar surface area (TPSA) is 63.7 Å².